The molecular weight excluding hydrogens is 296 g/mol. The highest BCUT2D eigenvalue weighted by molar-refractivity contribution is 9.10. The van der Waals surface area contributed by atoms with Crippen LogP contribution in [0.3, 0.4) is 0 Å². The fourth-order valence-electron chi connectivity index (χ4n) is 1.74. The van der Waals surface area contributed by atoms with Gasteiger partial charge in [-0.2, -0.15) is 0 Å². The summed E-state index contributed by atoms with van der Waals surface area (Å²) in [6.45, 7) is 3.02. The second kappa shape index (κ2) is 5.76. The van der Waals surface area contributed by atoms with Gasteiger partial charge in [0.2, 0.25) is 0 Å². The van der Waals surface area contributed by atoms with Crippen LogP contribution in [0, 0.1) is 6.92 Å². The van der Waals surface area contributed by atoms with Crippen LogP contribution >= 0.6 is 27.3 Å². The Labute approximate surface area is 114 Å². The summed E-state index contributed by atoms with van der Waals surface area (Å²) in [7, 11) is 1.97. The molecule has 1 heterocycles. The molecule has 4 heteroatoms. The molecule has 2 rings (SSSR count). The predicted octanol–water partition coefficient (Wildman–Crippen LogP) is 3.64. The number of hydrogen-bond acceptors (Lipinski definition) is 3. The van der Waals surface area contributed by atoms with Gasteiger partial charge in [-0.1, -0.05) is 34.1 Å². The van der Waals surface area contributed by atoms with Crippen LogP contribution in [-0.2, 0) is 6.42 Å². The van der Waals surface area contributed by atoms with E-state index < -0.39 is 0 Å². The molecule has 0 amide bonds. The van der Waals surface area contributed by atoms with Gasteiger partial charge in [-0.15, -0.1) is 11.3 Å². The predicted molar refractivity (Wildman–Crippen MR) is 77.6 cm³/mol. The van der Waals surface area contributed by atoms with Crippen LogP contribution in [0.4, 0.5) is 0 Å². The monoisotopic (exact) mass is 310 g/mol. The summed E-state index contributed by atoms with van der Waals surface area (Å²) >= 11 is 5.37. The SMILES string of the molecule is CNCCc1nc(C)sc1-c1ccccc1Br. The number of benzene rings is 1. The van der Waals surface area contributed by atoms with E-state index >= 15 is 0 Å². The summed E-state index contributed by atoms with van der Waals surface area (Å²) in [5.74, 6) is 0. The van der Waals surface area contributed by atoms with Crippen molar-refractivity contribution in [2.45, 2.75) is 13.3 Å². The van der Waals surface area contributed by atoms with Crippen molar-refractivity contribution in [3.8, 4) is 10.4 Å². The number of rotatable bonds is 4. The van der Waals surface area contributed by atoms with Gasteiger partial charge >= 0.3 is 0 Å². The van der Waals surface area contributed by atoms with Crippen molar-refractivity contribution >= 4 is 27.3 Å². The van der Waals surface area contributed by atoms with Crippen molar-refractivity contribution in [2.75, 3.05) is 13.6 Å². The Morgan fingerprint density at radius 2 is 2.12 bits per heavy atom. The molecule has 0 aliphatic carbocycles. The Kier molecular flexibility index (Phi) is 4.31. The molecule has 2 nitrogen and oxygen atoms in total. The van der Waals surface area contributed by atoms with E-state index in [1.165, 1.54) is 16.1 Å². The number of halogens is 1. The lowest BCUT2D eigenvalue weighted by atomic mass is 10.1. The minimum absolute atomic E-state index is 0.959. The van der Waals surface area contributed by atoms with Gasteiger partial charge in [-0.3, -0.25) is 0 Å². The lowest BCUT2D eigenvalue weighted by Crippen LogP contribution is -2.11. The Hall–Kier alpha value is -0.710. The zero-order valence-corrected chi connectivity index (χ0v) is 12.4. The normalized spacial score (nSPS) is 10.8. The Bertz CT molecular complexity index is 508. The Morgan fingerprint density at radius 3 is 2.82 bits per heavy atom. The highest BCUT2D eigenvalue weighted by atomic mass is 79.9. The first-order chi connectivity index (χ1) is 8.22. The average Bonchev–Trinajstić information content (AvgIpc) is 2.68. The first kappa shape index (κ1) is 12.7. The standard InChI is InChI=1S/C13H15BrN2S/c1-9-16-12(7-8-15-2)13(17-9)10-5-3-4-6-11(10)14/h3-6,15H,7-8H2,1-2H3. The summed E-state index contributed by atoms with van der Waals surface area (Å²) < 4.78 is 1.13. The molecule has 0 bridgehead atoms. The Morgan fingerprint density at radius 1 is 1.35 bits per heavy atom. The molecule has 0 aliphatic rings. The van der Waals surface area contributed by atoms with Gasteiger partial charge in [0.1, 0.15) is 0 Å². The first-order valence-electron chi connectivity index (χ1n) is 5.58. The first-order valence-corrected chi connectivity index (χ1v) is 7.19. The van der Waals surface area contributed by atoms with Gasteiger partial charge in [0.15, 0.2) is 0 Å². The average molecular weight is 311 g/mol. The molecule has 0 aliphatic heterocycles. The smallest absolute Gasteiger partial charge is 0.0903 e. The molecule has 0 unspecified atom stereocenters. The van der Waals surface area contributed by atoms with Gasteiger partial charge in [0, 0.05) is 23.0 Å². The van der Waals surface area contributed by atoms with Gasteiger partial charge < -0.3 is 5.32 Å². The van der Waals surface area contributed by atoms with E-state index in [-0.39, 0.29) is 0 Å². The highest BCUT2D eigenvalue weighted by Gasteiger charge is 2.12. The number of aryl methyl sites for hydroxylation is 1. The largest absolute Gasteiger partial charge is 0.319 e. The van der Waals surface area contributed by atoms with Crippen LogP contribution in [0.1, 0.15) is 10.7 Å². The third kappa shape index (κ3) is 2.94. The number of likely N-dealkylation sites (N-methyl/N-ethyl adjacent to an activating group) is 1. The van der Waals surface area contributed by atoms with Crippen molar-refractivity contribution in [1.82, 2.24) is 10.3 Å². The molecule has 0 atom stereocenters. The van der Waals surface area contributed by atoms with Crippen molar-refractivity contribution in [2.24, 2.45) is 0 Å². The molecule has 0 radical (unpaired) electrons. The summed E-state index contributed by atoms with van der Waals surface area (Å²) in [6.07, 6.45) is 0.970. The number of aromatic nitrogens is 1. The van der Waals surface area contributed by atoms with Crippen molar-refractivity contribution in [3.63, 3.8) is 0 Å². The quantitative estimate of drug-likeness (QED) is 0.932. The highest BCUT2D eigenvalue weighted by Crippen LogP contribution is 2.35. The van der Waals surface area contributed by atoms with E-state index in [4.69, 9.17) is 0 Å². The number of hydrogen-bond donors (Lipinski definition) is 1. The van der Waals surface area contributed by atoms with Crippen LogP contribution in [0.2, 0.25) is 0 Å². The van der Waals surface area contributed by atoms with Crippen LogP contribution in [0.25, 0.3) is 10.4 Å². The molecule has 0 saturated heterocycles. The fourth-order valence-corrected chi connectivity index (χ4v) is 3.36. The third-order valence-electron chi connectivity index (χ3n) is 2.53. The van der Waals surface area contributed by atoms with Crippen molar-refractivity contribution in [3.05, 3.63) is 39.4 Å². The molecule has 1 N–H and O–H groups in total. The van der Waals surface area contributed by atoms with Gasteiger partial charge in [0.05, 0.1) is 15.6 Å². The van der Waals surface area contributed by atoms with E-state index in [2.05, 4.69) is 51.4 Å². The van der Waals surface area contributed by atoms with Crippen LogP contribution in [0.15, 0.2) is 28.7 Å². The second-order valence-electron chi connectivity index (χ2n) is 3.84. The van der Waals surface area contributed by atoms with E-state index in [1.807, 2.05) is 13.1 Å². The summed E-state index contributed by atoms with van der Waals surface area (Å²) in [4.78, 5) is 5.91. The maximum absolute atomic E-state index is 4.62. The minimum atomic E-state index is 0.959. The lowest BCUT2D eigenvalue weighted by Gasteiger charge is -2.04. The molecule has 1 aromatic carbocycles. The third-order valence-corrected chi connectivity index (χ3v) is 4.27. The maximum Gasteiger partial charge on any atom is 0.0903 e. The zero-order valence-electron chi connectivity index (χ0n) is 9.96. The Balaban J connectivity index is 2.41. The zero-order chi connectivity index (χ0) is 12.3. The molecule has 0 spiro atoms. The van der Waals surface area contributed by atoms with Gasteiger partial charge in [-0.05, 0) is 20.0 Å². The molecule has 0 fully saturated rings. The lowest BCUT2D eigenvalue weighted by molar-refractivity contribution is 0.779. The second-order valence-corrected chi connectivity index (χ2v) is 5.90. The van der Waals surface area contributed by atoms with Crippen LogP contribution in [-0.4, -0.2) is 18.6 Å². The maximum atomic E-state index is 4.62. The summed E-state index contributed by atoms with van der Waals surface area (Å²) in [6, 6.07) is 8.32. The van der Waals surface area contributed by atoms with Gasteiger partial charge in [-0.25, -0.2) is 4.98 Å². The van der Waals surface area contributed by atoms with Crippen LogP contribution < -0.4 is 5.32 Å². The molecule has 1 aromatic heterocycles. The topological polar surface area (TPSA) is 24.9 Å². The molecule has 17 heavy (non-hydrogen) atoms. The summed E-state index contributed by atoms with van der Waals surface area (Å²) in [5, 5.41) is 4.30. The summed E-state index contributed by atoms with van der Waals surface area (Å²) in [5.41, 5.74) is 2.43. The number of nitrogens with one attached hydrogen (secondary N) is 1. The van der Waals surface area contributed by atoms with Crippen molar-refractivity contribution in [1.29, 1.82) is 0 Å². The van der Waals surface area contributed by atoms with E-state index in [0.717, 1.165) is 22.4 Å². The molecule has 2 aromatic rings. The van der Waals surface area contributed by atoms with Crippen LogP contribution in [0.5, 0.6) is 0 Å². The van der Waals surface area contributed by atoms with Crippen molar-refractivity contribution < 1.29 is 0 Å². The molecule has 0 saturated carbocycles. The molecule has 90 valence electrons. The van der Waals surface area contributed by atoms with E-state index in [0.29, 0.717) is 0 Å². The van der Waals surface area contributed by atoms with Gasteiger partial charge in [0.25, 0.3) is 0 Å². The molecular formula is C13H15BrN2S. The number of nitrogens with zero attached hydrogens (tertiary/aromatic N) is 1. The minimum Gasteiger partial charge on any atom is -0.319 e. The fraction of sp³-hybridized carbons (Fsp3) is 0.308. The van der Waals surface area contributed by atoms with E-state index in [1.54, 1.807) is 11.3 Å². The van der Waals surface area contributed by atoms with E-state index in [9.17, 15) is 0 Å². The number of thiazole rings is 1.